The van der Waals surface area contributed by atoms with Crippen LogP contribution >= 0.6 is 0 Å². The van der Waals surface area contributed by atoms with Crippen molar-refractivity contribution in [3.63, 3.8) is 0 Å². The van der Waals surface area contributed by atoms with Crippen LogP contribution in [0.1, 0.15) is 40.5 Å². The Kier molecular flexibility index (Phi) is 5.35. The van der Waals surface area contributed by atoms with Crippen molar-refractivity contribution in [2.75, 3.05) is 20.2 Å². The molecule has 0 radical (unpaired) electrons. The number of piperidine rings is 1. The number of nitrogens with zero attached hydrogens (tertiary/aromatic N) is 1. The number of hydrogen-bond donors (Lipinski definition) is 0. The number of hydrogen-bond acceptors (Lipinski definition) is 4. The molecule has 110 valence electrons. The zero-order valence-corrected chi connectivity index (χ0v) is 12.6. The molecule has 1 saturated heterocycles. The predicted molar refractivity (Wildman–Crippen MR) is 72.0 cm³/mol. The van der Waals surface area contributed by atoms with Gasteiger partial charge in [-0.25, -0.2) is 4.79 Å². The summed E-state index contributed by atoms with van der Waals surface area (Å²) in [4.78, 5) is 25.5. The minimum absolute atomic E-state index is 0.00589. The monoisotopic (exact) mass is 271 g/mol. The maximum absolute atomic E-state index is 12.0. The van der Waals surface area contributed by atoms with E-state index in [0.717, 1.165) is 0 Å². The number of ether oxygens (including phenoxy) is 2. The first-order chi connectivity index (χ1) is 8.74. The summed E-state index contributed by atoms with van der Waals surface area (Å²) >= 11 is 0. The number of likely N-dealkylation sites (tertiary alicyclic amines) is 1. The molecule has 0 saturated carbocycles. The summed E-state index contributed by atoms with van der Waals surface area (Å²) in [5.41, 5.74) is -0.478. The van der Waals surface area contributed by atoms with E-state index in [1.165, 1.54) is 0 Å². The highest BCUT2D eigenvalue weighted by Crippen LogP contribution is 2.21. The van der Waals surface area contributed by atoms with Crippen LogP contribution in [0.15, 0.2) is 0 Å². The van der Waals surface area contributed by atoms with Gasteiger partial charge in [-0.1, -0.05) is 0 Å². The van der Waals surface area contributed by atoms with E-state index in [-0.39, 0.29) is 23.9 Å². The first kappa shape index (κ1) is 16.0. The Hall–Kier alpha value is -1.10. The number of methoxy groups -OCH3 is 1. The summed E-state index contributed by atoms with van der Waals surface area (Å²) in [7, 11) is 1.54. The van der Waals surface area contributed by atoms with E-state index in [9.17, 15) is 9.59 Å². The molecular formula is C14H25NO4. The average molecular weight is 271 g/mol. The van der Waals surface area contributed by atoms with Gasteiger partial charge in [0.15, 0.2) is 5.78 Å². The van der Waals surface area contributed by atoms with Crippen molar-refractivity contribution in [1.82, 2.24) is 4.90 Å². The second-order valence-corrected chi connectivity index (χ2v) is 6.02. The molecule has 5 nitrogen and oxygen atoms in total. The van der Waals surface area contributed by atoms with Crippen LogP contribution in [0, 0.1) is 5.92 Å². The topological polar surface area (TPSA) is 55.8 Å². The van der Waals surface area contributed by atoms with Crippen molar-refractivity contribution in [2.24, 2.45) is 5.92 Å². The lowest BCUT2D eigenvalue weighted by molar-refractivity contribution is -0.133. The SMILES string of the molecule is COC(C)C(=O)C1CCN(C(=O)OC(C)(C)C)CC1. The number of rotatable bonds is 3. The fourth-order valence-corrected chi connectivity index (χ4v) is 2.12. The second kappa shape index (κ2) is 6.37. The molecule has 0 aromatic rings. The van der Waals surface area contributed by atoms with Gasteiger partial charge < -0.3 is 14.4 Å². The van der Waals surface area contributed by atoms with E-state index in [1.807, 2.05) is 20.8 Å². The molecule has 19 heavy (non-hydrogen) atoms. The molecule has 0 aliphatic carbocycles. The zero-order chi connectivity index (χ0) is 14.6. The maximum atomic E-state index is 12.0. The number of carbonyl (C=O) groups excluding carboxylic acids is 2. The van der Waals surface area contributed by atoms with Crippen molar-refractivity contribution in [3.8, 4) is 0 Å². The largest absolute Gasteiger partial charge is 0.444 e. The van der Waals surface area contributed by atoms with Gasteiger partial charge in [0, 0.05) is 26.1 Å². The molecule has 1 aliphatic rings. The van der Waals surface area contributed by atoms with Gasteiger partial charge in [0.2, 0.25) is 0 Å². The summed E-state index contributed by atoms with van der Waals surface area (Å²) in [6.45, 7) is 8.45. The van der Waals surface area contributed by atoms with E-state index in [0.29, 0.717) is 25.9 Å². The molecule has 0 bridgehead atoms. The van der Waals surface area contributed by atoms with Gasteiger partial charge in [0.05, 0.1) is 0 Å². The molecule has 0 N–H and O–H groups in total. The summed E-state index contributed by atoms with van der Waals surface area (Å²) in [6.07, 6.45) is 0.716. The van der Waals surface area contributed by atoms with Crippen LogP contribution in [0.3, 0.4) is 0 Å². The highest BCUT2D eigenvalue weighted by molar-refractivity contribution is 5.85. The minimum atomic E-state index is -0.478. The van der Waals surface area contributed by atoms with E-state index >= 15 is 0 Å². The van der Waals surface area contributed by atoms with Gasteiger partial charge in [-0.2, -0.15) is 0 Å². The third-order valence-corrected chi connectivity index (χ3v) is 3.30. The predicted octanol–water partition coefficient (Wildman–Crippen LogP) is 2.24. The molecule has 1 atom stereocenters. The minimum Gasteiger partial charge on any atom is -0.444 e. The lowest BCUT2D eigenvalue weighted by atomic mass is 9.90. The Bertz CT molecular complexity index is 327. The summed E-state index contributed by atoms with van der Waals surface area (Å²) in [5.74, 6) is 0.125. The third kappa shape index (κ3) is 4.82. The van der Waals surface area contributed by atoms with Gasteiger partial charge in [-0.15, -0.1) is 0 Å². The maximum Gasteiger partial charge on any atom is 0.410 e. The number of Topliss-reactive ketones (excluding diaryl/α,β-unsaturated/α-hetero) is 1. The second-order valence-electron chi connectivity index (χ2n) is 6.02. The lowest BCUT2D eigenvalue weighted by Gasteiger charge is -2.33. The molecule has 1 unspecified atom stereocenters. The van der Waals surface area contributed by atoms with Crippen LogP contribution in [-0.2, 0) is 14.3 Å². The molecule has 1 amide bonds. The van der Waals surface area contributed by atoms with Gasteiger partial charge in [0.25, 0.3) is 0 Å². The molecular weight excluding hydrogens is 246 g/mol. The fourth-order valence-electron chi connectivity index (χ4n) is 2.12. The van der Waals surface area contributed by atoms with Crippen molar-refractivity contribution < 1.29 is 19.1 Å². The van der Waals surface area contributed by atoms with Gasteiger partial charge >= 0.3 is 6.09 Å². The normalized spacial score (nSPS) is 19.1. The van der Waals surface area contributed by atoms with Gasteiger partial charge in [-0.05, 0) is 40.5 Å². The van der Waals surface area contributed by atoms with E-state index in [2.05, 4.69) is 0 Å². The summed E-state index contributed by atoms with van der Waals surface area (Å²) < 4.78 is 10.4. The summed E-state index contributed by atoms with van der Waals surface area (Å²) in [5, 5.41) is 0. The highest BCUT2D eigenvalue weighted by Gasteiger charge is 2.31. The van der Waals surface area contributed by atoms with Crippen LogP contribution in [0.5, 0.6) is 0 Å². The third-order valence-electron chi connectivity index (χ3n) is 3.30. The fraction of sp³-hybridized carbons (Fsp3) is 0.857. The standard InChI is InChI=1S/C14H25NO4/c1-10(18-5)12(16)11-6-8-15(9-7-11)13(17)19-14(2,3)4/h10-11H,6-9H2,1-5H3. The number of amides is 1. The van der Waals surface area contributed by atoms with Crippen molar-refractivity contribution in [3.05, 3.63) is 0 Å². The Morgan fingerprint density at radius 1 is 1.21 bits per heavy atom. The van der Waals surface area contributed by atoms with E-state index in [4.69, 9.17) is 9.47 Å². The molecule has 5 heteroatoms. The lowest BCUT2D eigenvalue weighted by Crippen LogP contribution is -2.44. The smallest absolute Gasteiger partial charge is 0.410 e. The van der Waals surface area contributed by atoms with Crippen molar-refractivity contribution in [1.29, 1.82) is 0 Å². The molecule has 1 rings (SSSR count). The Morgan fingerprint density at radius 3 is 2.16 bits per heavy atom. The molecule has 1 fully saturated rings. The summed E-state index contributed by atoms with van der Waals surface area (Å²) in [6, 6.07) is 0. The first-order valence-electron chi connectivity index (χ1n) is 6.79. The Morgan fingerprint density at radius 2 is 1.74 bits per heavy atom. The zero-order valence-electron chi connectivity index (χ0n) is 12.6. The average Bonchev–Trinajstić information content (AvgIpc) is 2.35. The molecule has 0 spiro atoms. The molecule has 0 aromatic carbocycles. The quantitative estimate of drug-likeness (QED) is 0.790. The number of carbonyl (C=O) groups is 2. The molecule has 1 heterocycles. The van der Waals surface area contributed by atoms with Crippen LogP contribution in [0.4, 0.5) is 4.79 Å². The van der Waals surface area contributed by atoms with E-state index in [1.54, 1.807) is 18.9 Å². The molecule has 0 aromatic heterocycles. The Labute approximate surface area is 115 Å². The van der Waals surface area contributed by atoms with Crippen LogP contribution in [0.2, 0.25) is 0 Å². The van der Waals surface area contributed by atoms with E-state index < -0.39 is 5.60 Å². The van der Waals surface area contributed by atoms with Gasteiger partial charge in [-0.3, -0.25) is 4.79 Å². The van der Waals surface area contributed by atoms with Crippen molar-refractivity contribution in [2.45, 2.75) is 52.2 Å². The van der Waals surface area contributed by atoms with Gasteiger partial charge in [0.1, 0.15) is 11.7 Å². The van der Waals surface area contributed by atoms with Crippen LogP contribution in [0.25, 0.3) is 0 Å². The molecule has 1 aliphatic heterocycles. The van der Waals surface area contributed by atoms with Crippen LogP contribution in [-0.4, -0.2) is 48.7 Å². The highest BCUT2D eigenvalue weighted by atomic mass is 16.6. The first-order valence-corrected chi connectivity index (χ1v) is 6.79. The van der Waals surface area contributed by atoms with Crippen molar-refractivity contribution >= 4 is 11.9 Å². The number of ketones is 1. The Balaban J connectivity index is 2.45. The van der Waals surface area contributed by atoms with Crippen LogP contribution < -0.4 is 0 Å².